The van der Waals surface area contributed by atoms with Crippen molar-refractivity contribution in [3.05, 3.63) is 0 Å². The lowest BCUT2D eigenvalue weighted by Gasteiger charge is -2.18. The van der Waals surface area contributed by atoms with Gasteiger partial charge in [-0.05, 0) is 6.42 Å². The monoisotopic (exact) mass is 219 g/mol. The van der Waals surface area contributed by atoms with Gasteiger partial charge in [-0.15, -0.1) is 0 Å². The molecule has 0 rings (SSSR count). The minimum atomic E-state index is -5.83. The smallest absolute Gasteiger partial charge is 0.351 e. The zero-order valence-electron chi connectivity index (χ0n) is 7.42. The van der Waals surface area contributed by atoms with E-state index in [1.165, 1.54) is 5.32 Å². The second kappa shape index (κ2) is 4.56. The summed E-state index contributed by atoms with van der Waals surface area (Å²) in [6.07, 6.45) is -4.87. The lowest BCUT2D eigenvalue weighted by Crippen LogP contribution is -2.50. The van der Waals surface area contributed by atoms with Crippen LogP contribution in [0, 0.1) is 0 Å². The van der Waals surface area contributed by atoms with Crippen LogP contribution < -0.4 is 5.32 Å². The highest BCUT2D eigenvalue weighted by molar-refractivity contribution is 5.84. The first-order valence-electron chi connectivity index (χ1n) is 3.96. The largest absolute Gasteiger partial charge is 0.463 e. The third-order valence-corrected chi connectivity index (χ3v) is 1.46. The maximum atomic E-state index is 12.2. The number of unbranched alkanes of at least 4 members (excludes halogenated alkanes) is 1. The Morgan fingerprint density at radius 3 is 2.07 bits per heavy atom. The van der Waals surface area contributed by atoms with Gasteiger partial charge in [0.1, 0.15) is 0 Å². The fourth-order valence-corrected chi connectivity index (χ4v) is 0.618. The number of nitrogens with one attached hydrogen (secondary N) is 1. The minimum Gasteiger partial charge on any atom is -0.351 e. The molecule has 0 aliphatic heterocycles. The highest BCUT2D eigenvalue weighted by Crippen LogP contribution is 2.35. The van der Waals surface area contributed by atoms with E-state index in [1.807, 2.05) is 0 Å². The highest BCUT2D eigenvalue weighted by Gasteiger charge is 2.63. The molecule has 0 bridgehead atoms. The van der Waals surface area contributed by atoms with Gasteiger partial charge >= 0.3 is 12.1 Å². The average Bonchev–Trinajstić information content (AvgIpc) is 2.02. The van der Waals surface area contributed by atoms with Crippen molar-refractivity contribution in [1.82, 2.24) is 5.32 Å². The molecule has 84 valence electrons. The molecule has 0 spiro atoms. The summed E-state index contributed by atoms with van der Waals surface area (Å²) < 4.78 is 59.2. The number of hydrogen-bond donors (Lipinski definition) is 1. The molecule has 1 amide bonds. The van der Waals surface area contributed by atoms with Crippen LogP contribution in [0.3, 0.4) is 0 Å². The van der Waals surface area contributed by atoms with E-state index in [4.69, 9.17) is 0 Å². The van der Waals surface area contributed by atoms with Crippen LogP contribution in [0.15, 0.2) is 0 Å². The van der Waals surface area contributed by atoms with E-state index in [9.17, 15) is 26.7 Å². The average molecular weight is 219 g/mol. The number of alkyl halides is 5. The first kappa shape index (κ1) is 13.1. The molecule has 0 aliphatic rings. The molecular weight excluding hydrogens is 209 g/mol. The fraction of sp³-hybridized carbons (Fsp3) is 0.857. The van der Waals surface area contributed by atoms with E-state index in [2.05, 4.69) is 0 Å². The van der Waals surface area contributed by atoms with Crippen molar-refractivity contribution in [1.29, 1.82) is 0 Å². The fourth-order valence-electron chi connectivity index (χ4n) is 0.618. The number of hydrogen-bond acceptors (Lipinski definition) is 1. The molecule has 0 saturated heterocycles. The highest BCUT2D eigenvalue weighted by atomic mass is 19.4. The van der Waals surface area contributed by atoms with Crippen LogP contribution in [0.1, 0.15) is 19.8 Å². The number of carbonyl (C=O) groups excluding carboxylic acids is 1. The first-order valence-corrected chi connectivity index (χ1v) is 3.96. The number of carbonyl (C=O) groups is 1. The van der Waals surface area contributed by atoms with Gasteiger partial charge in [0.05, 0.1) is 0 Å². The quantitative estimate of drug-likeness (QED) is 0.569. The molecule has 0 unspecified atom stereocenters. The molecule has 14 heavy (non-hydrogen) atoms. The van der Waals surface area contributed by atoms with Crippen molar-refractivity contribution in [3.63, 3.8) is 0 Å². The van der Waals surface area contributed by atoms with Gasteiger partial charge in [0.15, 0.2) is 0 Å². The Hall–Kier alpha value is -0.880. The first-order chi connectivity index (χ1) is 6.23. The van der Waals surface area contributed by atoms with Gasteiger partial charge in [-0.25, -0.2) is 0 Å². The van der Waals surface area contributed by atoms with Crippen LogP contribution in [0.2, 0.25) is 0 Å². The van der Waals surface area contributed by atoms with Crippen molar-refractivity contribution in [2.24, 2.45) is 0 Å². The molecule has 0 saturated carbocycles. The van der Waals surface area contributed by atoms with Gasteiger partial charge in [-0.2, -0.15) is 22.0 Å². The number of amides is 1. The van der Waals surface area contributed by atoms with Crippen molar-refractivity contribution < 1.29 is 26.7 Å². The zero-order valence-corrected chi connectivity index (χ0v) is 7.42. The molecule has 0 atom stereocenters. The summed E-state index contributed by atoms with van der Waals surface area (Å²) in [5.74, 6) is -7.60. The predicted molar refractivity (Wildman–Crippen MR) is 38.9 cm³/mol. The van der Waals surface area contributed by atoms with E-state index in [1.54, 1.807) is 6.92 Å². The molecule has 0 aliphatic carbocycles. The SMILES string of the molecule is CCCCNC(=O)C(F)(F)C(F)(F)F. The second-order valence-electron chi connectivity index (χ2n) is 2.68. The Balaban J connectivity index is 4.23. The van der Waals surface area contributed by atoms with E-state index in [-0.39, 0.29) is 6.54 Å². The van der Waals surface area contributed by atoms with Crippen molar-refractivity contribution in [2.75, 3.05) is 6.54 Å². The molecular formula is C7H10F5NO. The van der Waals surface area contributed by atoms with Gasteiger partial charge in [-0.3, -0.25) is 4.79 Å². The lowest BCUT2D eigenvalue weighted by molar-refractivity contribution is -0.269. The van der Waals surface area contributed by atoms with Crippen molar-refractivity contribution in [3.8, 4) is 0 Å². The molecule has 7 heteroatoms. The third-order valence-electron chi connectivity index (χ3n) is 1.46. The predicted octanol–water partition coefficient (Wildman–Crippen LogP) is 2.10. The Morgan fingerprint density at radius 2 is 1.71 bits per heavy atom. The summed E-state index contributed by atoms with van der Waals surface area (Å²) in [6.45, 7) is 1.54. The van der Waals surface area contributed by atoms with E-state index >= 15 is 0 Å². The molecule has 1 N–H and O–H groups in total. The van der Waals surface area contributed by atoms with Gasteiger partial charge < -0.3 is 5.32 Å². The summed E-state index contributed by atoms with van der Waals surface area (Å²) in [4.78, 5) is 10.4. The van der Waals surface area contributed by atoms with Crippen LogP contribution in [0.5, 0.6) is 0 Å². The van der Waals surface area contributed by atoms with E-state index < -0.39 is 18.0 Å². The number of rotatable bonds is 4. The van der Waals surface area contributed by atoms with Crippen LogP contribution in [-0.2, 0) is 4.79 Å². The Bertz CT molecular complexity index is 201. The summed E-state index contributed by atoms with van der Waals surface area (Å²) in [5.41, 5.74) is 0. The van der Waals surface area contributed by atoms with Crippen molar-refractivity contribution >= 4 is 5.91 Å². The van der Waals surface area contributed by atoms with Gasteiger partial charge in [0.2, 0.25) is 0 Å². The molecule has 0 aromatic rings. The Labute approximate surface area is 77.5 Å². The van der Waals surface area contributed by atoms with Crippen LogP contribution in [-0.4, -0.2) is 24.6 Å². The summed E-state index contributed by atoms with van der Waals surface area (Å²) in [6, 6.07) is 0. The number of halogens is 5. The lowest BCUT2D eigenvalue weighted by atomic mass is 10.3. The van der Waals surface area contributed by atoms with Gasteiger partial charge in [-0.1, -0.05) is 13.3 Å². The third kappa shape index (κ3) is 3.12. The molecule has 0 heterocycles. The molecule has 2 nitrogen and oxygen atoms in total. The summed E-state index contributed by atoms with van der Waals surface area (Å²) in [5, 5.41) is 1.52. The maximum Gasteiger partial charge on any atom is 0.463 e. The second-order valence-corrected chi connectivity index (χ2v) is 2.68. The molecule has 0 aromatic carbocycles. The maximum absolute atomic E-state index is 12.2. The van der Waals surface area contributed by atoms with Gasteiger partial charge in [0.25, 0.3) is 5.91 Å². The molecule has 0 aromatic heterocycles. The Morgan fingerprint density at radius 1 is 1.21 bits per heavy atom. The van der Waals surface area contributed by atoms with Crippen LogP contribution in [0.4, 0.5) is 22.0 Å². The Kier molecular flexibility index (Phi) is 4.28. The van der Waals surface area contributed by atoms with E-state index in [0.29, 0.717) is 12.8 Å². The van der Waals surface area contributed by atoms with Crippen LogP contribution >= 0.6 is 0 Å². The standard InChI is InChI=1S/C7H10F5NO/c1-2-3-4-13-5(14)6(8,9)7(10,11)12/h2-4H2,1H3,(H,13,14). The van der Waals surface area contributed by atoms with Crippen LogP contribution in [0.25, 0.3) is 0 Å². The molecule has 0 fully saturated rings. The molecule has 0 radical (unpaired) electrons. The van der Waals surface area contributed by atoms with E-state index in [0.717, 1.165) is 0 Å². The zero-order chi connectivity index (χ0) is 11.4. The normalized spacial score (nSPS) is 12.7. The summed E-state index contributed by atoms with van der Waals surface area (Å²) in [7, 11) is 0. The van der Waals surface area contributed by atoms with Crippen molar-refractivity contribution in [2.45, 2.75) is 31.9 Å². The topological polar surface area (TPSA) is 29.1 Å². The minimum absolute atomic E-state index is 0.180. The summed E-state index contributed by atoms with van der Waals surface area (Å²) >= 11 is 0. The van der Waals surface area contributed by atoms with Gasteiger partial charge in [0, 0.05) is 6.54 Å².